The molecule has 0 radical (unpaired) electrons. The molecule has 0 aliphatic carbocycles. The van der Waals surface area contributed by atoms with Crippen LogP contribution in [0.3, 0.4) is 0 Å². The van der Waals surface area contributed by atoms with Gasteiger partial charge in [-0.25, -0.2) is 0 Å². The third-order valence-corrected chi connectivity index (χ3v) is 4.73. The Morgan fingerprint density at radius 1 is 1.42 bits per heavy atom. The summed E-state index contributed by atoms with van der Waals surface area (Å²) in [6.45, 7) is 9.73. The number of carbonyl (C=O) groups is 1. The standard InChI is InChI=1S/C17H25N5O2/c1-10(2)13-8-14(19-18-13)17(23)22-6-7-24-9-15(22)16-11(3)20-21(5)12(16)4/h8,10,15H,6-7,9H2,1-5H3,(H,18,19)/t15-/m1/s1. The summed E-state index contributed by atoms with van der Waals surface area (Å²) in [4.78, 5) is 14.9. The van der Waals surface area contributed by atoms with Gasteiger partial charge in [0, 0.05) is 30.5 Å². The van der Waals surface area contributed by atoms with Crippen LogP contribution in [0.4, 0.5) is 0 Å². The molecular weight excluding hydrogens is 306 g/mol. The third kappa shape index (κ3) is 2.84. The fraction of sp³-hybridized carbons (Fsp3) is 0.588. The van der Waals surface area contributed by atoms with E-state index in [9.17, 15) is 4.79 Å². The second kappa shape index (κ2) is 6.39. The minimum absolute atomic E-state index is 0.0610. The van der Waals surface area contributed by atoms with E-state index in [0.29, 0.717) is 31.4 Å². The maximum absolute atomic E-state index is 13.0. The Kier molecular flexibility index (Phi) is 4.45. The average Bonchev–Trinajstić information content (AvgIpc) is 3.13. The van der Waals surface area contributed by atoms with Crippen molar-refractivity contribution in [2.45, 2.75) is 39.7 Å². The molecule has 0 aromatic carbocycles. The first kappa shape index (κ1) is 16.7. The molecule has 24 heavy (non-hydrogen) atoms. The van der Waals surface area contributed by atoms with Crippen LogP contribution in [-0.4, -0.2) is 50.5 Å². The molecule has 7 nitrogen and oxygen atoms in total. The summed E-state index contributed by atoms with van der Waals surface area (Å²) in [5, 5.41) is 11.7. The van der Waals surface area contributed by atoms with Crippen LogP contribution in [-0.2, 0) is 11.8 Å². The molecule has 0 saturated carbocycles. The van der Waals surface area contributed by atoms with Crippen molar-refractivity contribution in [2.75, 3.05) is 19.8 Å². The predicted octanol–water partition coefficient (Wildman–Crippen LogP) is 2.10. The molecule has 1 aliphatic rings. The molecule has 1 N–H and O–H groups in total. The van der Waals surface area contributed by atoms with Crippen molar-refractivity contribution < 1.29 is 9.53 Å². The maximum Gasteiger partial charge on any atom is 0.275 e. The molecule has 2 aromatic heterocycles. The van der Waals surface area contributed by atoms with Gasteiger partial charge in [0.2, 0.25) is 0 Å². The minimum atomic E-state index is -0.126. The highest BCUT2D eigenvalue weighted by atomic mass is 16.5. The van der Waals surface area contributed by atoms with Gasteiger partial charge in [0.05, 0.1) is 24.9 Å². The Labute approximate surface area is 142 Å². The van der Waals surface area contributed by atoms with Gasteiger partial charge in [-0.2, -0.15) is 10.2 Å². The molecule has 3 heterocycles. The molecule has 3 rings (SSSR count). The summed E-state index contributed by atoms with van der Waals surface area (Å²) in [6, 6.07) is 1.72. The smallest absolute Gasteiger partial charge is 0.275 e. The number of hydrogen-bond acceptors (Lipinski definition) is 4. The van der Waals surface area contributed by atoms with Gasteiger partial charge in [-0.3, -0.25) is 14.6 Å². The van der Waals surface area contributed by atoms with E-state index in [4.69, 9.17) is 4.74 Å². The third-order valence-electron chi connectivity index (χ3n) is 4.73. The molecule has 1 fully saturated rings. The molecule has 1 aliphatic heterocycles. The summed E-state index contributed by atoms with van der Waals surface area (Å²) in [5.74, 6) is 0.247. The molecule has 1 atom stereocenters. The van der Waals surface area contributed by atoms with Gasteiger partial charge < -0.3 is 9.64 Å². The fourth-order valence-electron chi connectivity index (χ4n) is 3.25. The first-order valence-electron chi connectivity index (χ1n) is 8.34. The lowest BCUT2D eigenvalue weighted by Gasteiger charge is -2.35. The summed E-state index contributed by atoms with van der Waals surface area (Å²) in [7, 11) is 1.92. The van der Waals surface area contributed by atoms with Gasteiger partial charge in [-0.05, 0) is 25.8 Å². The molecule has 0 unspecified atom stereocenters. The summed E-state index contributed by atoms with van der Waals surface area (Å²) < 4.78 is 7.51. The van der Waals surface area contributed by atoms with E-state index in [0.717, 1.165) is 22.6 Å². The van der Waals surface area contributed by atoms with Crippen LogP contribution in [0.1, 0.15) is 58.9 Å². The lowest BCUT2D eigenvalue weighted by atomic mass is 10.0. The monoisotopic (exact) mass is 331 g/mol. The van der Waals surface area contributed by atoms with E-state index in [2.05, 4.69) is 29.1 Å². The van der Waals surface area contributed by atoms with Crippen molar-refractivity contribution in [1.82, 2.24) is 24.9 Å². The number of aromatic nitrogens is 4. The second-order valence-electron chi connectivity index (χ2n) is 6.66. The van der Waals surface area contributed by atoms with Crippen LogP contribution in [0, 0.1) is 13.8 Å². The van der Waals surface area contributed by atoms with E-state index in [1.807, 2.05) is 36.5 Å². The van der Waals surface area contributed by atoms with Crippen LogP contribution >= 0.6 is 0 Å². The zero-order valence-electron chi connectivity index (χ0n) is 15.0. The first-order valence-corrected chi connectivity index (χ1v) is 8.34. The lowest BCUT2D eigenvalue weighted by molar-refractivity contribution is -0.00336. The topological polar surface area (TPSA) is 76.0 Å². The zero-order valence-corrected chi connectivity index (χ0v) is 15.0. The molecule has 1 amide bonds. The number of aromatic amines is 1. The van der Waals surface area contributed by atoms with Crippen LogP contribution < -0.4 is 0 Å². The largest absolute Gasteiger partial charge is 0.377 e. The number of nitrogens with one attached hydrogen (secondary N) is 1. The number of rotatable bonds is 3. The van der Waals surface area contributed by atoms with Crippen molar-refractivity contribution in [1.29, 1.82) is 0 Å². The van der Waals surface area contributed by atoms with Crippen molar-refractivity contribution in [2.24, 2.45) is 7.05 Å². The van der Waals surface area contributed by atoms with Gasteiger partial charge in [0.1, 0.15) is 5.69 Å². The summed E-state index contributed by atoms with van der Waals surface area (Å²) in [5.41, 5.74) is 4.51. The number of ether oxygens (including phenoxy) is 1. The number of hydrogen-bond donors (Lipinski definition) is 1. The van der Waals surface area contributed by atoms with Crippen molar-refractivity contribution in [3.05, 3.63) is 34.4 Å². The lowest BCUT2D eigenvalue weighted by Crippen LogP contribution is -2.44. The molecule has 1 saturated heterocycles. The highest BCUT2D eigenvalue weighted by molar-refractivity contribution is 5.92. The summed E-state index contributed by atoms with van der Waals surface area (Å²) >= 11 is 0. The Hall–Kier alpha value is -2.15. The highest BCUT2D eigenvalue weighted by Gasteiger charge is 2.33. The van der Waals surface area contributed by atoms with Crippen LogP contribution in [0.2, 0.25) is 0 Å². The normalized spacial score (nSPS) is 18.4. The molecule has 130 valence electrons. The number of carbonyl (C=O) groups excluding carboxylic acids is 1. The number of morpholine rings is 1. The zero-order chi connectivity index (χ0) is 17.4. The quantitative estimate of drug-likeness (QED) is 0.934. The molecule has 7 heteroatoms. The van der Waals surface area contributed by atoms with Crippen LogP contribution in [0.25, 0.3) is 0 Å². The van der Waals surface area contributed by atoms with Crippen molar-refractivity contribution >= 4 is 5.91 Å². The van der Waals surface area contributed by atoms with Gasteiger partial charge in [0.15, 0.2) is 0 Å². The highest BCUT2D eigenvalue weighted by Crippen LogP contribution is 2.30. The number of aryl methyl sites for hydroxylation is 2. The molecule has 0 spiro atoms. The Balaban J connectivity index is 1.93. The van der Waals surface area contributed by atoms with Gasteiger partial charge in [-0.1, -0.05) is 13.8 Å². The Morgan fingerprint density at radius 3 is 2.75 bits per heavy atom. The SMILES string of the molecule is Cc1nn(C)c(C)c1[C@H]1COCCN1C(=O)c1cc(C(C)C)[nH]n1. The van der Waals surface area contributed by atoms with Gasteiger partial charge in [-0.15, -0.1) is 0 Å². The first-order chi connectivity index (χ1) is 11.4. The van der Waals surface area contributed by atoms with Crippen LogP contribution in [0.15, 0.2) is 6.07 Å². The maximum atomic E-state index is 13.0. The number of nitrogens with zero attached hydrogens (tertiary/aromatic N) is 4. The van der Waals surface area contributed by atoms with E-state index < -0.39 is 0 Å². The summed E-state index contributed by atoms with van der Waals surface area (Å²) in [6.07, 6.45) is 0. The second-order valence-corrected chi connectivity index (χ2v) is 6.66. The van der Waals surface area contributed by atoms with Gasteiger partial charge in [0.25, 0.3) is 5.91 Å². The minimum Gasteiger partial charge on any atom is -0.377 e. The average molecular weight is 331 g/mol. The van der Waals surface area contributed by atoms with Gasteiger partial charge >= 0.3 is 0 Å². The van der Waals surface area contributed by atoms with E-state index in [1.54, 1.807) is 0 Å². The molecule has 2 aromatic rings. The number of H-pyrrole nitrogens is 1. The molecular formula is C17H25N5O2. The van der Waals surface area contributed by atoms with Crippen molar-refractivity contribution in [3.63, 3.8) is 0 Å². The fourth-order valence-corrected chi connectivity index (χ4v) is 3.25. The Morgan fingerprint density at radius 2 is 2.17 bits per heavy atom. The van der Waals surface area contributed by atoms with Crippen LogP contribution in [0.5, 0.6) is 0 Å². The Bertz CT molecular complexity index is 746. The van der Waals surface area contributed by atoms with E-state index in [1.165, 1.54) is 0 Å². The predicted molar refractivity (Wildman–Crippen MR) is 90.0 cm³/mol. The van der Waals surface area contributed by atoms with E-state index >= 15 is 0 Å². The van der Waals surface area contributed by atoms with Crippen molar-refractivity contribution in [3.8, 4) is 0 Å². The molecule has 0 bridgehead atoms. The van der Waals surface area contributed by atoms with E-state index in [-0.39, 0.29) is 11.9 Å². The number of amides is 1.